The van der Waals surface area contributed by atoms with Crippen LogP contribution < -0.4 is 10.6 Å². The number of pyridine rings is 1. The molecule has 184 valence electrons. The van der Waals surface area contributed by atoms with E-state index in [0.29, 0.717) is 35.7 Å². The first kappa shape index (κ1) is 23.4. The van der Waals surface area contributed by atoms with E-state index in [0.717, 1.165) is 50.2 Å². The van der Waals surface area contributed by atoms with Crippen LogP contribution in [0.3, 0.4) is 0 Å². The fourth-order valence-electron chi connectivity index (χ4n) is 4.83. The summed E-state index contributed by atoms with van der Waals surface area (Å²) in [5, 5.41) is 16.6. The average molecular weight is 480 g/mol. The van der Waals surface area contributed by atoms with Crippen LogP contribution in [0.2, 0.25) is 0 Å². The van der Waals surface area contributed by atoms with Crippen molar-refractivity contribution < 1.29 is 19.0 Å². The molecule has 1 fully saturated rings. The molecule has 2 aromatic heterocycles. The van der Waals surface area contributed by atoms with Gasteiger partial charge < -0.3 is 20.5 Å². The molecule has 1 saturated carbocycles. The highest BCUT2D eigenvalue weighted by Gasteiger charge is 2.30. The van der Waals surface area contributed by atoms with E-state index in [-0.39, 0.29) is 6.10 Å². The Labute approximate surface area is 203 Å². The monoisotopic (exact) mass is 479 g/mol. The fraction of sp³-hybridized carbons (Fsp3) is 0.462. The van der Waals surface area contributed by atoms with Gasteiger partial charge in [-0.25, -0.2) is 24.1 Å². The number of carbonyl (C=O) groups is 1. The normalized spacial score (nSPS) is 19.9. The number of ether oxygens (including phenoxy) is 1. The molecular weight excluding hydrogens is 449 g/mol. The Balaban J connectivity index is 1.05. The van der Waals surface area contributed by atoms with E-state index in [1.165, 1.54) is 30.4 Å². The standard InChI is InChI=1S/C26H30FN5O3/c27-18-5-8-21-23(14-18)29-15-30-25(21)32-22(26(33)34)9-11-35-20-12-16(13-20)3-6-19-7-4-17-2-1-10-28-24(17)31-19/h4-5,7-8,14-16,20,22H,1-3,6,9-13H2,(H,28,31)(H,33,34)(H,29,30,32)/t16?,20?,22-/m0/s1. The SMILES string of the molecule is O=C(O)[C@H](CCOC1CC(CCc2ccc3c(n2)NCCC3)C1)Nc1ncnc2cc(F)ccc12. The molecule has 5 rings (SSSR count). The van der Waals surface area contributed by atoms with Crippen molar-refractivity contribution in [2.24, 2.45) is 5.92 Å². The van der Waals surface area contributed by atoms with Gasteiger partial charge in [-0.2, -0.15) is 0 Å². The Morgan fingerprint density at radius 1 is 1.26 bits per heavy atom. The highest BCUT2D eigenvalue weighted by Crippen LogP contribution is 2.34. The van der Waals surface area contributed by atoms with Gasteiger partial charge in [0.1, 0.15) is 29.8 Å². The van der Waals surface area contributed by atoms with Crippen LogP contribution in [-0.2, 0) is 22.4 Å². The number of anilines is 2. The van der Waals surface area contributed by atoms with Crippen molar-refractivity contribution in [3.63, 3.8) is 0 Å². The van der Waals surface area contributed by atoms with Crippen molar-refractivity contribution in [3.05, 3.63) is 53.7 Å². The molecule has 1 aliphatic carbocycles. The number of carboxylic acid groups (broad SMARTS) is 1. The maximum absolute atomic E-state index is 13.5. The van der Waals surface area contributed by atoms with Gasteiger partial charge in [-0.3, -0.25) is 0 Å². The molecule has 0 spiro atoms. The van der Waals surface area contributed by atoms with Crippen molar-refractivity contribution in [2.75, 3.05) is 23.8 Å². The second kappa shape index (κ2) is 10.5. The second-order valence-corrected chi connectivity index (χ2v) is 9.42. The number of carboxylic acids is 1. The van der Waals surface area contributed by atoms with Crippen LogP contribution in [-0.4, -0.2) is 51.3 Å². The summed E-state index contributed by atoms with van der Waals surface area (Å²) in [6.45, 7) is 1.34. The zero-order valence-corrected chi connectivity index (χ0v) is 19.5. The first-order chi connectivity index (χ1) is 17.0. The van der Waals surface area contributed by atoms with Crippen LogP contribution in [0.15, 0.2) is 36.7 Å². The number of aryl methyl sites for hydroxylation is 2. The summed E-state index contributed by atoms with van der Waals surface area (Å²) in [4.78, 5) is 24.8. The van der Waals surface area contributed by atoms with Gasteiger partial charge in [-0.05, 0) is 68.2 Å². The Morgan fingerprint density at radius 3 is 3.00 bits per heavy atom. The van der Waals surface area contributed by atoms with Crippen molar-refractivity contribution in [1.29, 1.82) is 0 Å². The van der Waals surface area contributed by atoms with Gasteiger partial charge in [0.05, 0.1) is 11.6 Å². The Bertz CT molecular complexity index is 1200. The van der Waals surface area contributed by atoms with Crippen molar-refractivity contribution in [1.82, 2.24) is 15.0 Å². The van der Waals surface area contributed by atoms with E-state index < -0.39 is 17.8 Å². The van der Waals surface area contributed by atoms with E-state index in [1.807, 2.05) is 0 Å². The lowest BCUT2D eigenvalue weighted by molar-refractivity contribution is -0.138. The molecule has 1 aliphatic heterocycles. The van der Waals surface area contributed by atoms with Crippen LogP contribution in [0, 0.1) is 11.7 Å². The predicted molar refractivity (Wildman–Crippen MR) is 131 cm³/mol. The minimum absolute atomic E-state index is 0.176. The summed E-state index contributed by atoms with van der Waals surface area (Å²) in [7, 11) is 0. The second-order valence-electron chi connectivity index (χ2n) is 9.42. The third-order valence-electron chi connectivity index (χ3n) is 6.92. The maximum Gasteiger partial charge on any atom is 0.326 e. The lowest BCUT2D eigenvalue weighted by atomic mass is 9.79. The molecule has 1 atom stereocenters. The number of fused-ring (bicyclic) bond motifs is 2. The number of hydrogen-bond acceptors (Lipinski definition) is 7. The number of nitrogens with one attached hydrogen (secondary N) is 2. The molecule has 0 radical (unpaired) electrons. The van der Waals surface area contributed by atoms with E-state index in [2.05, 4.69) is 32.7 Å². The first-order valence-corrected chi connectivity index (χ1v) is 12.3. The largest absolute Gasteiger partial charge is 0.480 e. The summed E-state index contributed by atoms with van der Waals surface area (Å²) < 4.78 is 19.4. The number of aromatic nitrogens is 3. The molecule has 9 heteroatoms. The van der Waals surface area contributed by atoms with Crippen LogP contribution in [0.25, 0.3) is 10.9 Å². The van der Waals surface area contributed by atoms with Gasteiger partial charge in [-0.1, -0.05) is 6.07 Å². The summed E-state index contributed by atoms with van der Waals surface area (Å²) >= 11 is 0. The Kier molecular flexibility index (Phi) is 7.03. The first-order valence-electron chi connectivity index (χ1n) is 12.3. The number of halogens is 1. The van der Waals surface area contributed by atoms with Gasteiger partial charge in [-0.15, -0.1) is 0 Å². The van der Waals surface area contributed by atoms with Crippen molar-refractivity contribution in [2.45, 2.75) is 57.1 Å². The molecule has 1 aromatic carbocycles. The topological polar surface area (TPSA) is 109 Å². The third-order valence-corrected chi connectivity index (χ3v) is 6.92. The lowest BCUT2D eigenvalue weighted by Gasteiger charge is -2.35. The van der Waals surface area contributed by atoms with Crippen LogP contribution in [0.5, 0.6) is 0 Å². The molecule has 0 unspecified atom stereocenters. The van der Waals surface area contributed by atoms with E-state index >= 15 is 0 Å². The molecule has 2 aliphatic rings. The minimum Gasteiger partial charge on any atom is -0.480 e. The van der Waals surface area contributed by atoms with Crippen molar-refractivity contribution in [3.8, 4) is 0 Å². The lowest BCUT2D eigenvalue weighted by Crippen LogP contribution is -2.35. The zero-order valence-electron chi connectivity index (χ0n) is 19.5. The summed E-state index contributed by atoms with van der Waals surface area (Å²) in [6, 6.07) is 7.64. The van der Waals surface area contributed by atoms with Gasteiger partial charge >= 0.3 is 5.97 Å². The highest BCUT2D eigenvalue weighted by atomic mass is 19.1. The highest BCUT2D eigenvalue weighted by molar-refractivity contribution is 5.90. The molecule has 8 nitrogen and oxygen atoms in total. The molecule has 0 amide bonds. The number of nitrogens with zero attached hydrogens (tertiary/aromatic N) is 3. The number of aliphatic carboxylic acids is 1. The molecule has 3 aromatic rings. The number of rotatable bonds is 10. The van der Waals surface area contributed by atoms with Gasteiger partial charge in [0.25, 0.3) is 0 Å². The van der Waals surface area contributed by atoms with Gasteiger partial charge in [0.2, 0.25) is 0 Å². The summed E-state index contributed by atoms with van der Waals surface area (Å²) in [5.74, 6) is 0.650. The van der Waals surface area contributed by atoms with E-state index in [4.69, 9.17) is 9.72 Å². The zero-order chi connectivity index (χ0) is 24.2. The molecule has 3 N–H and O–H groups in total. The third kappa shape index (κ3) is 5.67. The minimum atomic E-state index is -0.985. The summed E-state index contributed by atoms with van der Waals surface area (Å²) in [6.07, 6.45) is 8.09. The predicted octanol–water partition coefficient (Wildman–Crippen LogP) is 4.21. The number of benzene rings is 1. The maximum atomic E-state index is 13.5. The van der Waals surface area contributed by atoms with Crippen molar-refractivity contribution >= 4 is 28.5 Å². The molecule has 0 saturated heterocycles. The fourth-order valence-corrected chi connectivity index (χ4v) is 4.83. The quantitative estimate of drug-likeness (QED) is 0.397. The summed E-state index contributed by atoms with van der Waals surface area (Å²) in [5.41, 5.74) is 2.87. The van der Waals surface area contributed by atoms with Crippen LogP contribution >= 0.6 is 0 Å². The number of hydrogen-bond donors (Lipinski definition) is 3. The van der Waals surface area contributed by atoms with E-state index in [1.54, 1.807) is 6.07 Å². The van der Waals surface area contributed by atoms with Gasteiger partial charge in [0, 0.05) is 36.7 Å². The molecule has 3 heterocycles. The van der Waals surface area contributed by atoms with Crippen LogP contribution in [0.1, 0.15) is 43.4 Å². The smallest absolute Gasteiger partial charge is 0.326 e. The average Bonchev–Trinajstić information content (AvgIpc) is 2.83. The Morgan fingerprint density at radius 2 is 2.14 bits per heavy atom. The van der Waals surface area contributed by atoms with Gasteiger partial charge in [0.15, 0.2) is 0 Å². The van der Waals surface area contributed by atoms with E-state index in [9.17, 15) is 14.3 Å². The molecule has 35 heavy (non-hydrogen) atoms. The Hall–Kier alpha value is -3.33. The molecular formula is C26H30FN5O3. The van der Waals surface area contributed by atoms with Crippen LogP contribution in [0.4, 0.5) is 16.0 Å². The molecule has 0 bridgehead atoms.